The molecule has 1 heteroatoms. The molecule has 1 atom stereocenters. The summed E-state index contributed by atoms with van der Waals surface area (Å²) in [5.74, 6) is 0. The fourth-order valence-corrected chi connectivity index (χ4v) is 5.52. The molecule has 0 spiro atoms. The Balaban J connectivity index is 0.000000367. The summed E-state index contributed by atoms with van der Waals surface area (Å²) in [6, 6.07) is 22.9. The van der Waals surface area contributed by atoms with Crippen LogP contribution in [0.2, 0.25) is 0 Å². The molecule has 164 valence electrons. The highest BCUT2D eigenvalue weighted by Crippen LogP contribution is 2.40. The third-order valence-corrected chi connectivity index (χ3v) is 7.41. The van der Waals surface area contributed by atoms with Gasteiger partial charge in [0, 0.05) is 11.5 Å². The van der Waals surface area contributed by atoms with Crippen LogP contribution >= 0.6 is 0 Å². The van der Waals surface area contributed by atoms with E-state index in [0.717, 1.165) is 6.42 Å². The second-order valence-corrected chi connectivity index (χ2v) is 9.44. The molecule has 1 heterocycles. The lowest BCUT2D eigenvalue weighted by molar-refractivity contribution is 0.148. The zero-order valence-electron chi connectivity index (χ0n) is 19.5. The first kappa shape index (κ1) is 23.1. The molecule has 1 aliphatic heterocycles. The highest BCUT2D eigenvalue weighted by Gasteiger charge is 2.35. The summed E-state index contributed by atoms with van der Waals surface area (Å²) in [6.07, 6.45) is 15.5. The third-order valence-electron chi connectivity index (χ3n) is 7.41. The molecule has 1 nitrogen and oxygen atoms in total. The van der Waals surface area contributed by atoms with Crippen LogP contribution in [0.5, 0.6) is 0 Å². The number of hydrogen-bond acceptors (Lipinski definition) is 1. The molecule has 2 aromatic rings. The van der Waals surface area contributed by atoms with Gasteiger partial charge in [-0.1, -0.05) is 113 Å². The van der Waals surface area contributed by atoms with E-state index in [2.05, 4.69) is 79.4 Å². The molecule has 30 heavy (non-hydrogen) atoms. The predicted octanol–water partition coefficient (Wildman–Crippen LogP) is 7.99. The second kappa shape index (κ2) is 12.3. The zero-order chi connectivity index (χ0) is 21.1. The van der Waals surface area contributed by atoms with Crippen molar-refractivity contribution >= 4 is 0 Å². The van der Waals surface area contributed by atoms with Crippen LogP contribution in [0, 0.1) is 0 Å². The van der Waals surface area contributed by atoms with Crippen molar-refractivity contribution in [1.82, 2.24) is 4.90 Å². The highest BCUT2D eigenvalue weighted by molar-refractivity contribution is 5.39. The van der Waals surface area contributed by atoms with Crippen molar-refractivity contribution in [3.05, 3.63) is 71.8 Å². The predicted molar refractivity (Wildman–Crippen MR) is 131 cm³/mol. The van der Waals surface area contributed by atoms with E-state index >= 15 is 0 Å². The van der Waals surface area contributed by atoms with Crippen LogP contribution in [0.3, 0.4) is 0 Å². The average Bonchev–Trinajstić information content (AvgIpc) is 2.85. The van der Waals surface area contributed by atoms with Crippen molar-refractivity contribution in [2.45, 2.75) is 95.9 Å². The monoisotopic (exact) mass is 405 g/mol. The quantitative estimate of drug-likeness (QED) is 0.471. The van der Waals surface area contributed by atoms with E-state index in [-0.39, 0.29) is 5.41 Å². The van der Waals surface area contributed by atoms with Crippen LogP contribution in [0.4, 0.5) is 0 Å². The van der Waals surface area contributed by atoms with E-state index in [1.807, 2.05) is 0 Å². The lowest BCUT2D eigenvalue weighted by atomic mass is 9.68. The number of rotatable bonds is 6. The Morgan fingerprint density at radius 1 is 0.667 bits per heavy atom. The van der Waals surface area contributed by atoms with Crippen LogP contribution in [0.1, 0.15) is 95.6 Å². The molecule has 4 rings (SSSR count). The lowest BCUT2D eigenvalue weighted by Crippen LogP contribution is -2.42. The van der Waals surface area contributed by atoms with Gasteiger partial charge in [-0.05, 0) is 56.8 Å². The van der Waals surface area contributed by atoms with Gasteiger partial charge >= 0.3 is 0 Å². The maximum Gasteiger partial charge on any atom is 0.0215 e. The molecule has 0 bridgehead atoms. The summed E-state index contributed by atoms with van der Waals surface area (Å²) in [5.41, 5.74) is 3.03. The number of benzene rings is 2. The molecule has 0 aromatic heterocycles. The summed E-state index contributed by atoms with van der Waals surface area (Å²) in [6.45, 7) is 7.32. The first-order valence-corrected chi connectivity index (χ1v) is 12.6. The van der Waals surface area contributed by atoms with Crippen LogP contribution in [0.15, 0.2) is 60.7 Å². The topological polar surface area (TPSA) is 3.24 Å². The SMILES string of the molecule is C1CCCCC1.CCC(CC(C)N1CCCCC1)(c1ccccc1)c1ccccc1. The van der Waals surface area contributed by atoms with E-state index in [0.29, 0.717) is 6.04 Å². The van der Waals surface area contributed by atoms with Crippen molar-refractivity contribution < 1.29 is 0 Å². The standard InChI is InChI=1S/C23H31N.C6H12/c1-3-23(21-13-7-4-8-14-21,22-15-9-5-10-16-22)19-20(2)24-17-11-6-12-18-24;1-2-4-6-5-3-1/h4-5,7-10,13-16,20H,3,6,11-12,17-19H2,1-2H3;1-6H2. The molecule has 2 aromatic carbocycles. The Bertz CT molecular complexity index is 632. The molecule has 1 saturated carbocycles. The molecule has 0 N–H and O–H groups in total. The van der Waals surface area contributed by atoms with Crippen molar-refractivity contribution in [2.24, 2.45) is 0 Å². The maximum absolute atomic E-state index is 2.71. The Kier molecular flexibility index (Phi) is 9.46. The normalized spacial score (nSPS) is 18.9. The van der Waals surface area contributed by atoms with Crippen molar-refractivity contribution in [1.29, 1.82) is 0 Å². The first-order valence-electron chi connectivity index (χ1n) is 12.6. The van der Waals surface area contributed by atoms with E-state index < -0.39 is 0 Å². The van der Waals surface area contributed by atoms with Gasteiger partial charge in [0.15, 0.2) is 0 Å². The summed E-state index contributed by atoms with van der Waals surface area (Å²) >= 11 is 0. The minimum absolute atomic E-state index is 0.110. The van der Waals surface area contributed by atoms with Crippen molar-refractivity contribution in [2.75, 3.05) is 13.1 Å². The fourth-order valence-electron chi connectivity index (χ4n) is 5.52. The minimum atomic E-state index is 0.110. The number of hydrogen-bond donors (Lipinski definition) is 0. The second-order valence-electron chi connectivity index (χ2n) is 9.44. The molecule has 1 unspecified atom stereocenters. The van der Waals surface area contributed by atoms with E-state index in [1.165, 1.54) is 88.4 Å². The molecule has 2 aliphatic rings. The van der Waals surface area contributed by atoms with Crippen molar-refractivity contribution in [3.63, 3.8) is 0 Å². The largest absolute Gasteiger partial charge is 0.301 e. The molecular formula is C29H43N. The molecular weight excluding hydrogens is 362 g/mol. The molecule has 1 saturated heterocycles. The van der Waals surface area contributed by atoms with Gasteiger partial charge in [0.1, 0.15) is 0 Å². The first-order chi connectivity index (χ1) is 14.8. The van der Waals surface area contributed by atoms with Gasteiger partial charge in [-0.15, -0.1) is 0 Å². The van der Waals surface area contributed by atoms with E-state index in [4.69, 9.17) is 0 Å². The van der Waals surface area contributed by atoms with E-state index in [1.54, 1.807) is 0 Å². The highest BCUT2D eigenvalue weighted by atomic mass is 15.2. The lowest BCUT2D eigenvalue weighted by Gasteiger charge is -2.41. The Morgan fingerprint density at radius 3 is 1.47 bits per heavy atom. The Morgan fingerprint density at radius 2 is 1.07 bits per heavy atom. The summed E-state index contributed by atoms with van der Waals surface area (Å²) in [7, 11) is 0. The number of piperidine rings is 1. The summed E-state index contributed by atoms with van der Waals surface area (Å²) in [5, 5.41) is 0. The molecule has 0 amide bonds. The zero-order valence-corrected chi connectivity index (χ0v) is 19.5. The van der Waals surface area contributed by atoms with Gasteiger partial charge in [-0.3, -0.25) is 0 Å². The summed E-state index contributed by atoms with van der Waals surface area (Å²) < 4.78 is 0. The smallest absolute Gasteiger partial charge is 0.0215 e. The summed E-state index contributed by atoms with van der Waals surface area (Å²) in [4.78, 5) is 2.71. The number of nitrogens with zero attached hydrogens (tertiary/aromatic N) is 1. The molecule has 2 fully saturated rings. The van der Waals surface area contributed by atoms with Gasteiger partial charge in [0.05, 0.1) is 0 Å². The fraction of sp³-hybridized carbons (Fsp3) is 0.586. The van der Waals surface area contributed by atoms with Gasteiger partial charge in [0.25, 0.3) is 0 Å². The third kappa shape index (κ3) is 6.20. The van der Waals surface area contributed by atoms with Crippen LogP contribution in [0.25, 0.3) is 0 Å². The van der Waals surface area contributed by atoms with Crippen LogP contribution < -0.4 is 0 Å². The maximum atomic E-state index is 2.71. The Labute approximate surface area is 185 Å². The van der Waals surface area contributed by atoms with Gasteiger partial charge in [0.2, 0.25) is 0 Å². The molecule has 1 aliphatic carbocycles. The average molecular weight is 406 g/mol. The Hall–Kier alpha value is -1.60. The van der Waals surface area contributed by atoms with Crippen LogP contribution in [-0.4, -0.2) is 24.0 Å². The van der Waals surface area contributed by atoms with Crippen LogP contribution in [-0.2, 0) is 5.41 Å². The minimum Gasteiger partial charge on any atom is -0.301 e. The molecule has 0 radical (unpaired) electrons. The van der Waals surface area contributed by atoms with E-state index in [9.17, 15) is 0 Å². The van der Waals surface area contributed by atoms with Gasteiger partial charge in [-0.2, -0.15) is 0 Å². The van der Waals surface area contributed by atoms with Gasteiger partial charge < -0.3 is 4.90 Å². The van der Waals surface area contributed by atoms with Crippen molar-refractivity contribution in [3.8, 4) is 0 Å². The number of likely N-dealkylation sites (tertiary alicyclic amines) is 1. The van der Waals surface area contributed by atoms with Gasteiger partial charge in [-0.25, -0.2) is 0 Å².